The number of ether oxygens (including phenoxy) is 1. The van der Waals surface area contributed by atoms with Crippen molar-refractivity contribution in [1.29, 1.82) is 0 Å². The monoisotopic (exact) mass is 279 g/mol. The fourth-order valence-electron chi connectivity index (χ4n) is 2.08. The normalized spacial score (nSPS) is 12.6. The zero-order valence-electron chi connectivity index (χ0n) is 11.7. The van der Waals surface area contributed by atoms with Gasteiger partial charge in [-0.15, -0.1) is 11.3 Å². The first-order valence-corrected chi connectivity index (χ1v) is 7.55. The minimum atomic E-state index is 0.191. The molecule has 0 aromatic carbocycles. The molecule has 1 atom stereocenters. The zero-order chi connectivity index (χ0) is 13.7. The third-order valence-electron chi connectivity index (χ3n) is 3.06. The van der Waals surface area contributed by atoms with Crippen LogP contribution >= 0.6 is 11.3 Å². The molecule has 19 heavy (non-hydrogen) atoms. The van der Waals surface area contributed by atoms with E-state index in [1.54, 1.807) is 18.4 Å². The molecule has 2 aromatic heterocycles. The van der Waals surface area contributed by atoms with Crippen LogP contribution in [0.25, 0.3) is 0 Å². The van der Waals surface area contributed by atoms with Crippen LogP contribution in [-0.4, -0.2) is 23.4 Å². The number of nitrogens with one attached hydrogen (secondary N) is 1. The van der Waals surface area contributed by atoms with E-state index in [0.717, 1.165) is 25.3 Å². The molecule has 0 amide bonds. The van der Waals surface area contributed by atoms with Gasteiger partial charge in [0.25, 0.3) is 0 Å². The Morgan fingerprint density at radius 3 is 2.95 bits per heavy atom. The summed E-state index contributed by atoms with van der Waals surface area (Å²) in [5.74, 6) is 0.922. The lowest BCUT2D eigenvalue weighted by Gasteiger charge is -2.18. The van der Waals surface area contributed by atoms with E-state index in [2.05, 4.69) is 36.4 Å². The molecule has 0 saturated heterocycles. The third-order valence-corrected chi connectivity index (χ3v) is 4.03. The Hall–Kier alpha value is -1.33. The van der Waals surface area contributed by atoms with Crippen LogP contribution in [0.3, 0.4) is 0 Å². The Morgan fingerprint density at radius 1 is 1.47 bits per heavy atom. The number of aromatic nitrogens is 2. The molecule has 0 aliphatic heterocycles. The van der Waals surface area contributed by atoms with E-state index in [9.17, 15) is 0 Å². The lowest BCUT2D eigenvalue weighted by atomic mass is 10.1. The summed E-state index contributed by atoms with van der Waals surface area (Å²) in [6, 6.07) is 4.38. The molecule has 0 aliphatic rings. The number of methoxy groups -OCH3 is 1. The molecule has 2 heterocycles. The number of hydrogen-bond donors (Lipinski definition) is 1. The van der Waals surface area contributed by atoms with E-state index in [-0.39, 0.29) is 6.04 Å². The van der Waals surface area contributed by atoms with Gasteiger partial charge >= 0.3 is 0 Å². The molecule has 0 saturated carbocycles. The highest BCUT2D eigenvalue weighted by molar-refractivity contribution is 7.10. The average molecular weight is 279 g/mol. The maximum atomic E-state index is 5.28. The van der Waals surface area contributed by atoms with Crippen molar-refractivity contribution in [2.24, 2.45) is 0 Å². The molecule has 0 fully saturated rings. The Kier molecular flexibility index (Phi) is 4.99. The molecule has 1 N–H and O–H groups in total. The van der Waals surface area contributed by atoms with Gasteiger partial charge in [0.05, 0.1) is 18.8 Å². The summed E-state index contributed by atoms with van der Waals surface area (Å²) in [5, 5.41) is 10.0. The fraction of sp³-hybridized carbons (Fsp3) is 0.500. The van der Waals surface area contributed by atoms with Crippen LogP contribution in [-0.2, 0) is 6.54 Å². The average Bonchev–Trinajstić information content (AvgIpc) is 3.08. The highest BCUT2D eigenvalue weighted by Gasteiger charge is 2.19. The van der Waals surface area contributed by atoms with E-state index in [4.69, 9.17) is 4.74 Å². The van der Waals surface area contributed by atoms with Crippen molar-refractivity contribution in [2.45, 2.75) is 32.9 Å². The van der Waals surface area contributed by atoms with Crippen molar-refractivity contribution >= 4 is 11.3 Å². The fourth-order valence-corrected chi connectivity index (χ4v) is 3.03. The van der Waals surface area contributed by atoms with Gasteiger partial charge in [0.2, 0.25) is 0 Å². The van der Waals surface area contributed by atoms with Gasteiger partial charge in [-0.3, -0.25) is 4.68 Å². The van der Waals surface area contributed by atoms with Gasteiger partial charge in [0, 0.05) is 23.0 Å². The minimum absolute atomic E-state index is 0.191. The van der Waals surface area contributed by atoms with Gasteiger partial charge in [-0.2, -0.15) is 5.10 Å². The number of hydrogen-bond acceptors (Lipinski definition) is 4. The first-order valence-electron chi connectivity index (χ1n) is 6.67. The van der Waals surface area contributed by atoms with E-state index >= 15 is 0 Å². The topological polar surface area (TPSA) is 39.1 Å². The second-order valence-corrected chi connectivity index (χ2v) is 5.29. The smallest absolute Gasteiger partial charge is 0.129 e. The molecule has 104 valence electrons. The van der Waals surface area contributed by atoms with Gasteiger partial charge < -0.3 is 10.1 Å². The van der Waals surface area contributed by atoms with Crippen LogP contribution in [0, 0.1) is 0 Å². The van der Waals surface area contributed by atoms with Gasteiger partial charge in [-0.25, -0.2) is 0 Å². The number of nitrogens with zero attached hydrogens (tertiary/aromatic N) is 2. The summed E-state index contributed by atoms with van der Waals surface area (Å²) < 4.78 is 7.32. The predicted molar refractivity (Wildman–Crippen MR) is 78.9 cm³/mol. The molecule has 1 unspecified atom stereocenters. The van der Waals surface area contributed by atoms with Gasteiger partial charge in [-0.1, -0.05) is 6.92 Å². The van der Waals surface area contributed by atoms with E-state index in [1.807, 2.05) is 16.3 Å². The molecule has 0 spiro atoms. The maximum Gasteiger partial charge on any atom is 0.129 e. The molecule has 5 heteroatoms. The Labute approximate surface area is 118 Å². The molecular formula is C14H21N3OS. The summed E-state index contributed by atoms with van der Waals surface area (Å²) in [6.07, 6.45) is 2.98. The summed E-state index contributed by atoms with van der Waals surface area (Å²) in [7, 11) is 1.70. The van der Waals surface area contributed by atoms with Crippen molar-refractivity contribution in [3.63, 3.8) is 0 Å². The first kappa shape index (κ1) is 14.1. The molecule has 2 rings (SSSR count). The quantitative estimate of drug-likeness (QED) is 0.846. The number of thiophene rings is 1. The van der Waals surface area contributed by atoms with Crippen molar-refractivity contribution in [1.82, 2.24) is 15.1 Å². The van der Waals surface area contributed by atoms with Gasteiger partial charge in [0.15, 0.2) is 0 Å². The summed E-state index contributed by atoms with van der Waals surface area (Å²) in [5.41, 5.74) is 1.21. The number of rotatable bonds is 7. The highest BCUT2D eigenvalue weighted by Crippen LogP contribution is 2.31. The Bertz CT molecular complexity index is 506. The second-order valence-electron chi connectivity index (χ2n) is 4.35. The van der Waals surface area contributed by atoms with Crippen LogP contribution in [0.4, 0.5) is 0 Å². The summed E-state index contributed by atoms with van der Waals surface area (Å²) >= 11 is 1.72. The lowest BCUT2D eigenvalue weighted by molar-refractivity contribution is 0.416. The van der Waals surface area contributed by atoms with Crippen molar-refractivity contribution in [3.05, 3.63) is 34.3 Å². The van der Waals surface area contributed by atoms with Crippen LogP contribution < -0.4 is 10.1 Å². The lowest BCUT2D eigenvalue weighted by Crippen LogP contribution is -2.25. The molecular weight excluding hydrogens is 258 g/mol. The van der Waals surface area contributed by atoms with Crippen LogP contribution in [0.5, 0.6) is 5.75 Å². The molecule has 2 aromatic rings. The highest BCUT2D eigenvalue weighted by atomic mass is 32.1. The largest absolute Gasteiger partial charge is 0.496 e. The summed E-state index contributed by atoms with van der Waals surface area (Å²) in [6.45, 7) is 6.16. The number of aryl methyl sites for hydroxylation is 1. The Balaban J connectivity index is 2.29. The minimum Gasteiger partial charge on any atom is -0.496 e. The standard InChI is InChI=1S/C14H21N3OS/c1-4-7-15-14(12-6-8-16-17(12)5-2)13-9-11(18-3)10-19-13/h6,8-10,14-15H,4-5,7H2,1-3H3. The Morgan fingerprint density at radius 2 is 2.32 bits per heavy atom. The second kappa shape index (κ2) is 6.73. The third kappa shape index (κ3) is 3.16. The van der Waals surface area contributed by atoms with E-state index in [1.165, 1.54) is 10.6 Å². The summed E-state index contributed by atoms with van der Waals surface area (Å²) in [4.78, 5) is 1.26. The first-order chi connectivity index (χ1) is 9.30. The van der Waals surface area contributed by atoms with Crippen molar-refractivity contribution in [2.75, 3.05) is 13.7 Å². The van der Waals surface area contributed by atoms with E-state index < -0.39 is 0 Å². The SMILES string of the molecule is CCCNC(c1cc(OC)cs1)c1ccnn1CC. The molecule has 4 nitrogen and oxygen atoms in total. The van der Waals surface area contributed by atoms with Crippen molar-refractivity contribution in [3.8, 4) is 5.75 Å². The van der Waals surface area contributed by atoms with Crippen LogP contribution in [0.15, 0.2) is 23.7 Å². The van der Waals surface area contributed by atoms with Gasteiger partial charge in [0.1, 0.15) is 5.75 Å². The maximum absolute atomic E-state index is 5.28. The van der Waals surface area contributed by atoms with Gasteiger partial charge in [-0.05, 0) is 32.0 Å². The molecule has 0 aliphatic carbocycles. The molecule has 0 bridgehead atoms. The van der Waals surface area contributed by atoms with Crippen LogP contribution in [0.1, 0.15) is 36.9 Å². The van der Waals surface area contributed by atoms with E-state index in [0.29, 0.717) is 0 Å². The van der Waals surface area contributed by atoms with Crippen molar-refractivity contribution < 1.29 is 4.74 Å². The molecule has 0 radical (unpaired) electrons. The zero-order valence-corrected chi connectivity index (χ0v) is 12.5. The predicted octanol–water partition coefficient (Wildman–Crippen LogP) is 3.06. The van der Waals surface area contributed by atoms with Crippen LogP contribution in [0.2, 0.25) is 0 Å².